The van der Waals surface area contributed by atoms with Gasteiger partial charge in [-0.1, -0.05) is 23.7 Å². The van der Waals surface area contributed by atoms with E-state index in [-0.39, 0.29) is 5.54 Å². The summed E-state index contributed by atoms with van der Waals surface area (Å²) in [5.41, 5.74) is 1.41. The van der Waals surface area contributed by atoms with Gasteiger partial charge in [-0.3, -0.25) is 4.99 Å². The number of likely N-dealkylation sites (N-methyl/N-ethyl adjacent to an activating group) is 1. The summed E-state index contributed by atoms with van der Waals surface area (Å²) in [6.07, 6.45) is 1.21. The molecule has 2 N–H and O–H groups in total. The van der Waals surface area contributed by atoms with Crippen LogP contribution in [0.3, 0.4) is 0 Å². The summed E-state index contributed by atoms with van der Waals surface area (Å²) < 4.78 is 0. The van der Waals surface area contributed by atoms with Crippen LogP contribution in [0.2, 0.25) is 5.02 Å². The van der Waals surface area contributed by atoms with Crippen molar-refractivity contribution in [1.82, 2.24) is 15.5 Å². The van der Waals surface area contributed by atoms with Crippen LogP contribution in [0.1, 0.15) is 12.0 Å². The van der Waals surface area contributed by atoms with Crippen molar-refractivity contribution in [3.8, 4) is 0 Å². The summed E-state index contributed by atoms with van der Waals surface area (Å²) in [5, 5.41) is 7.59. The molecule has 0 radical (unpaired) electrons. The summed E-state index contributed by atoms with van der Waals surface area (Å²) in [6.45, 7) is 1.65. The second-order valence-electron chi connectivity index (χ2n) is 5.83. The Labute approximate surface area is 142 Å². The maximum atomic E-state index is 5.91. The molecule has 1 aliphatic heterocycles. The van der Waals surface area contributed by atoms with E-state index < -0.39 is 0 Å². The first-order valence-corrected chi connectivity index (χ1v) is 9.03. The van der Waals surface area contributed by atoms with Gasteiger partial charge in [0.2, 0.25) is 0 Å². The Morgan fingerprint density at radius 1 is 1.32 bits per heavy atom. The van der Waals surface area contributed by atoms with E-state index in [2.05, 4.69) is 34.6 Å². The number of hydrogen-bond acceptors (Lipinski definition) is 3. The van der Waals surface area contributed by atoms with Gasteiger partial charge in [-0.15, -0.1) is 0 Å². The molecule has 0 saturated carbocycles. The maximum Gasteiger partial charge on any atom is 0.191 e. The van der Waals surface area contributed by atoms with Crippen molar-refractivity contribution in [2.45, 2.75) is 18.5 Å². The van der Waals surface area contributed by atoms with E-state index in [0.29, 0.717) is 0 Å². The molecule has 1 heterocycles. The lowest BCUT2D eigenvalue weighted by atomic mass is 9.97. The highest BCUT2D eigenvalue weighted by atomic mass is 35.5. The average molecular weight is 341 g/mol. The lowest BCUT2D eigenvalue weighted by Crippen LogP contribution is -2.54. The topological polar surface area (TPSA) is 39.7 Å². The Morgan fingerprint density at radius 2 is 2.05 bits per heavy atom. The highest BCUT2D eigenvalue weighted by Crippen LogP contribution is 2.31. The van der Waals surface area contributed by atoms with E-state index in [4.69, 9.17) is 11.6 Å². The predicted molar refractivity (Wildman–Crippen MR) is 98.0 cm³/mol. The van der Waals surface area contributed by atoms with Crippen LogP contribution in [-0.4, -0.2) is 55.6 Å². The van der Waals surface area contributed by atoms with Gasteiger partial charge in [0.05, 0.1) is 0 Å². The third-order valence-corrected chi connectivity index (χ3v) is 5.70. The molecule has 0 aromatic heterocycles. The average Bonchev–Trinajstić information content (AvgIpc) is 2.99. The quantitative estimate of drug-likeness (QED) is 0.638. The summed E-state index contributed by atoms with van der Waals surface area (Å²) in [4.78, 5) is 6.65. The summed E-state index contributed by atoms with van der Waals surface area (Å²) in [6, 6.07) is 7.87. The predicted octanol–water partition coefficient (Wildman–Crippen LogP) is 2.44. The summed E-state index contributed by atoms with van der Waals surface area (Å²) in [7, 11) is 6.14. The zero-order valence-corrected chi connectivity index (χ0v) is 15.1. The van der Waals surface area contributed by atoms with E-state index in [9.17, 15) is 0 Å². The van der Waals surface area contributed by atoms with Gasteiger partial charge in [0, 0.05) is 36.5 Å². The molecule has 1 saturated heterocycles. The molecular formula is C16H25ClN4S. The Balaban J connectivity index is 1.86. The van der Waals surface area contributed by atoms with Crippen LogP contribution in [0.4, 0.5) is 0 Å². The minimum Gasteiger partial charge on any atom is -0.355 e. The van der Waals surface area contributed by atoms with Gasteiger partial charge < -0.3 is 15.5 Å². The highest BCUT2D eigenvalue weighted by molar-refractivity contribution is 7.99. The zero-order valence-electron chi connectivity index (χ0n) is 13.5. The fourth-order valence-electron chi connectivity index (χ4n) is 2.50. The first-order chi connectivity index (χ1) is 10.6. The first-order valence-electron chi connectivity index (χ1n) is 7.50. The van der Waals surface area contributed by atoms with Gasteiger partial charge in [-0.05, 0) is 44.0 Å². The van der Waals surface area contributed by atoms with Crippen molar-refractivity contribution in [3.63, 3.8) is 0 Å². The third kappa shape index (κ3) is 4.54. The molecule has 0 spiro atoms. The van der Waals surface area contributed by atoms with Crippen LogP contribution in [-0.2, 0) is 6.54 Å². The van der Waals surface area contributed by atoms with Gasteiger partial charge in [0.25, 0.3) is 0 Å². The second-order valence-corrected chi connectivity index (χ2v) is 7.37. The molecule has 1 unspecified atom stereocenters. The number of guanidine groups is 1. The van der Waals surface area contributed by atoms with Crippen molar-refractivity contribution in [2.24, 2.45) is 4.99 Å². The number of benzene rings is 1. The minimum absolute atomic E-state index is 0.225. The van der Waals surface area contributed by atoms with Gasteiger partial charge in [0.15, 0.2) is 5.96 Å². The Morgan fingerprint density at radius 3 is 2.59 bits per heavy atom. The molecule has 2 rings (SSSR count). The molecule has 0 aliphatic carbocycles. The molecule has 1 aliphatic rings. The lowest BCUT2D eigenvalue weighted by molar-refractivity contribution is 0.183. The Hall–Kier alpha value is -0.910. The SMILES string of the molecule is CN=C(NCc1ccc(Cl)cc1)NCC1(N(C)C)CCSC1. The minimum atomic E-state index is 0.225. The fourth-order valence-corrected chi connectivity index (χ4v) is 4.18. The number of halogens is 1. The normalized spacial score (nSPS) is 22.1. The molecule has 122 valence electrons. The fraction of sp³-hybridized carbons (Fsp3) is 0.562. The number of nitrogens with one attached hydrogen (secondary N) is 2. The van der Waals surface area contributed by atoms with E-state index >= 15 is 0 Å². The largest absolute Gasteiger partial charge is 0.355 e. The van der Waals surface area contributed by atoms with E-state index in [1.54, 1.807) is 0 Å². The Bertz CT molecular complexity index is 495. The van der Waals surface area contributed by atoms with Crippen molar-refractivity contribution in [2.75, 3.05) is 39.2 Å². The van der Waals surface area contributed by atoms with Crippen molar-refractivity contribution in [1.29, 1.82) is 0 Å². The molecule has 6 heteroatoms. The number of hydrogen-bond donors (Lipinski definition) is 2. The molecule has 0 amide bonds. The van der Waals surface area contributed by atoms with Crippen LogP contribution < -0.4 is 10.6 Å². The molecular weight excluding hydrogens is 316 g/mol. The van der Waals surface area contributed by atoms with Gasteiger partial charge in [0.1, 0.15) is 0 Å². The monoisotopic (exact) mass is 340 g/mol. The molecule has 1 aromatic carbocycles. The summed E-state index contributed by atoms with van der Waals surface area (Å²) in [5.74, 6) is 3.24. The van der Waals surface area contributed by atoms with E-state index in [0.717, 1.165) is 24.1 Å². The first kappa shape index (κ1) is 17.4. The lowest BCUT2D eigenvalue weighted by Gasteiger charge is -2.36. The van der Waals surface area contributed by atoms with Crippen molar-refractivity contribution >= 4 is 29.3 Å². The van der Waals surface area contributed by atoms with Crippen LogP contribution in [0.25, 0.3) is 0 Å². The molecule has 1 aromatic rings. The number of nitrogens with zero attached hydrogens (tertiary/aromatic N) is 2. The molecule has 1 atom stereocenters. The maximum absolute atomic E-state index is 5.91. The van der Waals surface area contributed by atoms with Crippen LogP contribution in [0.5, 0.6) is 0 Å². The molecule has 22 heavy (non-hydrogen) atoms. The number of aliphatic imine (C=N–C) groups is 1. The van der Waals surface area contributed by atoms with E-state index in [1.807, 2.05) is 43.1 Å². The molecule has 4 nitrogen and oxygen atoms in total. The smallest absolute Gasteiger partial charge is 0.191 e. The molecule has 0 bridgehead atoms. The van der Waals surface area contributed by atoms with Crippen molar-refractivity contribution in [3.05, 3.63) is 34.9 Å². The standard InChI is InChI=1S/C16H25ClN4S/c1-18-15(19-10-13-4-6-14(17)7-5-13)20-11-16(21(2)3)8-9-22-12-16/h4-7H,8-12H2,1-3H3,(H2,18,19,20). The van der Waals surface area contributed by atoms with Gasteiger partial charge >= 0.3 is 0 Å². The Kier molecular flexibility index (Phi) is 6.41. The van der Waals surface area contributed by atoms with Crippen LogP contribution in [0, 0.1) is 0 Å². The number of rotatable bonds is 5. The van der Waals surface area contributed by atoms with Gasteiger partial charge in [-0.25, -0.2) is 0 Å². The van der Waals surface area contributed by atoms with Crippen LogP contribution in [0.15, 0.2) is 29.3 Å². The van der Waals surface area contributed by atoms with Crippen LogP contribution >= 0.6 is 23.4 Å². The van der Waals surface area contributed by atoms with Crippen molar-refractivity contribution < 1.29 is 0 Å². The summed E-state index contributed by atoms with van der Waals surface area (Å²) >= 11 is 7.93. The zero-order chi connectivity index (χ0) is 16.0. The second kappa shape index (κ2) is 8.09. The third-order valence-electron chi connectivity index (χ3n) is 4.21. The number of thioether (sulfide) groups is 1. The highest BCUT2D eigenvalue weighted by Gasteiger charge is 2.36. The van der Waals surface area contributed by atoms with E-state index in [1.165, 1.54) is 23.5 Å². The van der Waals surface area contributed by atoms with Gasteiger partial charge in [-0.2, -0.15) is 11.8 Å². The molecule has 1 fully saturated rings.